The van der Waals surface area contributed by atoms with Crippen LogP contribution in [0.2, 0.25) is 0 Å². The molecule has 4 N–H and O–H groups in total. The average molecular weight is 379 g/mol. The lowest BCUT2D eigenvalue weighted by Crippen LogP contribution is -2.56. The number of urea groups is 1. The number of nitrogens with zero attached hydrogens (tertiary/aromatic N) is 1. The Morgan fingerprint density at radius 1 is 1.15 bits per heavy atom. The highest BCUT2D eigenvalue weighted by molar-refractivity contribution is 6.09. The minimum absolute atomic E-state index is 0.197. The summed E-state index contributed by atoms with van der Waals surface area (Å²) in [6, 6.07) is -0.453. The van der Waals surface area contributed by atoms with E-state index in [9.17, 15) is 14.4 Å². The highest BCUT2D eigenvalue weighted by Gasteiger charge is 2.54. The molecule has 7 heteroatoms. The molecule has 0 aromatic rings. The Kier molecular flexibility index (Phi) is 5.04. The van der Waals surface area contributed by atoms with Crippen LogP contribution in [0, 0.1) is 17.3 Å². The number of carbonyl (C=O) groups is 3. The zero-order chi connectivity index (χ0) is 20.0. The van der Waals surface area contributed by atoms with Gasteiger partial charge in [-0.15, -0.1) is 0 Å². The molecule has 1 atom stereocenters. The van der Waals surface area contributed by atoms with E-state index < -0.39 is 17.1 Å². The first-order valence-corrected chi connectivity index (χ1v) is 10.2. The number of imide groups is 1. The molecule has 0 aromatic heterocycles. The van der Waals surface area contributed by atoms with Crippen LogP contribution in [-0.2, 0) is 9.59 Å². The monoisotopic (exact) mass is 378 g/mol. The van der Waals surface area contributed by atoms with Crippen LogP contribution in [0.3, 0.4) is 0 Å². The van der Waals surface area contributed by atoms with E-state index >= 15 is 0 Å². The summed E-state index contributed by atoms with van der Waals surface area (Å²) in [5.74, 6) is 0.345. The molecule has 27 heavy (non-hydrogen) atoms. The van der Waals surface area contributed by atoms with Crippen molar-refractivity contribution in [1.29, 1.82) is 0 Å². The van der Waals surface area contributed by atoms with Gasteiger partial charge in [0, 0.05) is 6.54 Å². The fraction of sp³-hybridized carbons (Fsp3) is 0.850. The van der Waals surface area contributed by atoms with Crippen LogP contribution in [-0.4, -0.2) is 46.9 Å². The van der Waals surface area contributed by atoms with E-state index in [1.54, 1.807) is 0 Å². The fourth-order valence-corrected chi connectivity index (χ4v) is 4.68. The molecule has 1 saturated heterocycles. The summed E-state index contributed by atoms with van der Waals surface area (Å²) >= 11 is 0. The molecular formula is C20H34N4O3. The maximum Gasteiger partial charge on any atom is 0.325 e. The van der Waals surface area contributed by atoms with Crippen molar-refractivity contribution in [3.63, 3.8) is 0 Å². The van der Waals surface area contributed by atoms with E-state index in [1.807, 2.05) is 6.92 Å². The molecule has 4 amide bonds. The molecule has 7 nitrogen and oxygen atoms in total. The maximum absolute atomic E-state index is 13.0. The van der Waals surface area contributed by atoms with Crippen LogP contribution in [0.5, 0.6) is 0 Å². The molecule has 0 bridgehead atoms. The predicted octanol–water partition coefficient (Wildman–Crippen LogP) is 1.76. The van der Waals surface area contributed by atoms with Crippen molar-refractivity contribution in [1.82, 2.24) is 15.5 Å². The third-order valence-corrected chi connectivity index (χ3v) is 6.94. The highest BCUT2D eigenvalue weighted by atomic mass is 16.2. The third-order valence-electron chi connectivity index (χ3n) is 6.94. The van der Waals surface area contributed by atoms with E-state index in [1.165, 1.54) is 0 Å². The SMILES string of the molecule is CC(C)(C)C1CCC2(CC1)NC(=O)N(CC(=O)NC(C)(CN)C1CC1)C2=O. The number of hydrogen-bond donors (Lipinski definition) is 3. The van der Waals surface area contributed by atoms with Crippen molar-refractivity contribution < 1.29 is 14.4 Å². The van der Waals surface area contributed by atoms with E-state index in [4.69, 9.17) is 5.73 Å². The van der Waals surface area contributed by atoms with Gasteiger partial charge in [0.1, 0.15) is 12.1 Å². The van der Waals surface area contributed by atoms with Crippen molar-refractivity contribution in [3.8, 4) is 0 Å². The van der Waals surface area contributed by atoms with Gasteiger partial charge in [-0.05, 0) is 62.7 Å². The van der Waals surface area contributed by atoms with E-state index in [-0.39, 0.29) is 23.8 Å². The minimum atomic E-state index is -0.827. The number of rotatable bonds is 5. The fourth-order valence-electron chi connectivity index (χ4n) is 4.68. The second-order valence-corrected chi connectivity index (χ2v) is 9.99. The van der Waals surface area contributed by atoms with Crippen molar-refractivity contribution in [2.75, 3.05) is 13.1 Å². The Hall–Kier alpha value is -1.63. The number of nitrogens with one attached hydrogen (secondary N) is 2. The number of carbonyl (C=O) groups excluding carboxylic acids is 3. The van der Waals surface area contributed by atoms with E-state index in [0.717, 1.165) is 30.6 Å². The Bertz CT molecular complexity index is 630. The van der Waals surface area contributed by atoms with Crippen molar-refractivity contribution in [2.45, 2.75) is 77.3 Å². The molecular weight excluding hydrogens is 344 g/mol. The van der Waals surface area contributed by atoms with Crippen LogP contribution >= 0.6 is 0 Å². The summed E-state index contributed by atoms with van der Waals surface area (Å²) in [5.41, 5.74) is 4.75. The van der Waals surface area contributed by atoms with E-state index in [2.05, 4.69) is 31.4 Å². The summed E-state index contributed by atoms with van der Waals surface area (Å²) in [7, 11) is 0. The molecule has 0 aromatic carbocycles. The van der Waals surface area contributed by atoms with Crippen molar-refractivity contribution >= 4 is 17.8 Å². The van der Waals surface area contributed by atoms with Gasteiger partial charge in [-0.2, -0.15) is 0 Å². The van der Waals surface area contributed by atoms with Crippen LogP contribution in [0.1, 0.15) is 66.2 Å². The molecule has 1 spiro atoms. The molecule has 3 rings (SSSR count). The second-order valence-electron chi connectivity index (χ2n) is 9.99. The van der Waals surface area contributed by atoms with E-state index in [0.29, 0.717) is 31.2 Å². The highest BCUT2D eigenvalue weighted by Crippen LogP contribution is 2.43. The molecule has 152 valence electrons. The predicted molar refractivity (Wildman–Crippen MR) is 103 cm³/mol. The Morgan fingerprint density at radius 2 is 1.74 bits per heavy atom. The molecule has 2 aliphatic carbocycles. The summed E-state index contributed by atoms with van der Waals surface area (Å²) in [5, 5.41) is 5.84. The summed E-state index contributed by atoms with van der Waals surface area (Å²) in [6.07, 6.45) is 5.19. The normalized spacial score (nSPS) is 31.0. The quantitative estimate of drug-likeness (QED) is 0.634. The largest absolute Gasteiger partial charge is 0.348 e. The molecule has 3 aliphatic rings. The number of amides is 4. The van der Waals surface area contributed by atoms with Crippen LogP contribution < -0.4 is 16.4 Å². The van der Waals surface area contributed by atoms with Gasteiger partial charge in [0.05, 0.1) is 5.54 Å². The van der Waals surface area contributed by atoms with Crippen molar-refractivity contribution in [3.05, 3.63) is 0 Å². The van der Waals surface area contributed by atoms with Gasteiger partial charge in [-0.1, -0.05) is 20.8 Å². The molecule has 2 saturated carbocycles. The zero-order valence-electron chi connectivity index (χ0n) is 17.1. The molecule has 1 unspecified atom stereocenters. The number of hydrogen-bond acceptors (Lipinski definition) is 4. The second kappa shape index (κ2) is 6.76. The smallest absolute Gasteiger partial charge is 0.325 e. The van der Waals surface area contributed by atoms with Gasteiger partial charge >= 0.3 is 6.03 Å². The van der Waals surface area contributed by atoms with Gasteiger partial charge in [0.15, 0.2) is 0 Å². The standard InChI is InChI=1S/C20H34N4O3/c1-18(2,3)13-7-9-20(10-8-13)16(26)24(17(27)23-20)11-15(25)22-19(4,12-21)14-5-6-14/h13-14H,5-12,21H2,1-4H3,(H,22,25)(H,23,27). The Morgan fingerprint density at radius 3 is 2.22 bits per heavy atom. The van der Waals surface area contributed by atoms with Crippen LogP contribution in [0.15, 0.2) is 0 Å². The van der Waals surface area contributed by atoms with Crippen molar-refractivity contribution in [2.24, 2.45) is 23.0 Å². The topological polar surface area (TPSA) is 105 Å². The molecule has 3 fully saturated rings. The molecule has 1 aliphatic heterocycles. The van der Waals surface area contributed by atoms with Gasteiger partial charge in [0.25, 0.3) is 5.91 Å². The molecule has 1 heterocycles. The van der Waals surface area contributed by atoms with Gasteiger partial charge in [0.2, 0.25) is 5.91 Å². The summed E-state index contributed by atoms with van der Waals surface area (Å²) in [4.78, 5) is 39.0. The Labute approximate surface area is 161 Å². The zero-order valence-corrected chi connectivity index (χ0v) is 17.1. The number of nitrogens with two attached hydrogens (primary N) is 1. The first kappa shape index (κ1) is 20.1. The lowest BCUT2D eigenvalue weighted by molar-refractivity contribution is -0.136. The van der Waals surface area contributed by atoms with Crippen LogP contribution in [0.4, 0.5) is 4.79 Å². The van der Waals surface area contributed by atoms with Crippen LogP contribution in [0.25, 0.3) is 0 Å². The first-order valence-electron chi connectivity index (χ1n) is 10.2. The lowest BCUT2D eigenvalue weighted by Gasteiger charge is -2.40. The van der Waals surface area contributed by atoms with Gasteiger partial charge in [-0.25, -0.2) is 4.79 Å². The maximum atomic E-state index is 13.0. The summed E-state index contributed by atoms with van der Waals surface area (Å²) < 4.78 is 0. The van der Waals surface area contributed by atoms with Gasteiger partial charge in [-0.3, -0.25) is 14.5 Å². The third kappa shape index (κ3) is 3.84. The lowest BCUT2D eigenvalue weighted by atomic mass is 9.67. The summed E-state index contributed by atoms with van der Waals surface area (Å²) in [6.45, 7) is 8.70. The average Bonchev–Trinajstić information content (AvgIpc) is 3.41. The first-order chi connectivity index (χ1) is 12.5. The molecule has 0 radical (unpaired) electrons. The van der Waals surface area contributed by atoms with Gasteiger partial charge < -0.3 is 16.4 Å². The Balaban J connectivity index is 1.62. The minimum Gasteiger partial charge on any atom is -0.348 e.